The van der Waals surface area contributed by atoms with Gasteiger partial charge >= 0.3 is 0 Å². The summed E-state index contributed by atoms with van der Waals surface area (Å²) in [5.41, 5.74) is 3.48. The van der Waals surface area contributed by atoms with Crippen molar-refractivity contribution in [3.8, 4) is 0 Å². The molecule has 0 aliphatic carbocycles. The first kappa shape index (κ1) is 18.9. The van der Waals surface area contributed by atoms with Gasteiger partial charge in [0.05, 0.1) is 10.7 Å². The van der Waals surface area contributed by atoms with Crippen LogP contribution in [0.1, 0.15) is 17.3 Å². The highest BCUT2D eigenvalue weighted by molar-refractivity contribution is 7.99. The third-order valence-electron chi connectivity index (χ3n) is 4.60. The van der Waals surface area contributed by atoms with Gasteiger partial charge in [-0.05, 0) is 49.4 Å². The van der Waals surface area contributed by atoms with E-state index in [1.165, 1.54) is 0 Å². The van der Waals surface area contributed by atoms with Gasteiger partial charge in [-0.25, -0.2) is 0 Å². The van der Waals surface area contributed by atoms with Crippen LogP contribution in [0.2, 0.25) is 5.02 Å². The van der Waals surface area contributed by atoms with Gasteiger partial charge in [-0.3, -0.25) is 4.79 Å². The van der Waals surface area contributed by atoms with Gasteiger partial charge in [-0.15, -0.1) is 0 Å². The zero-order chi connectivity index (χ0) is 18.5. The number of nitrogens with one attached hydrogen (secondary N) is 1. The Morgan fingerprint density at radius 1 is 1.19 bits per heavy atom. The molecule has 1 heterocycles. The van der Waals surface area contributed by atoms with Gasteiger partial charge in [0, 0.05) is 55.1 Å². The third kappa shape index (κ3) is 4.46. The molecule has 0 spiro atoms. The minimum atomic E-state index is -0.131. The monoisotopic (exact) mass is 389 g/mol. The van der Waals surface area contributed by atoms with E-state index in [1.54, 1.807) is 0 Å². The lowest BCUT2D eigenvalue weighted by atomic mass is 10.1. The summed E-state index contributed by atoms with van der Waals surface area (Å²) < 4.78 is 0. The van der Waals surface area contributed by atoms with Crippen LogP contribution in [-0.2, 0) is 0 Å². The first-order valence-corrected chi connectivity index (χ1v) is 10.4. The molecule has 26 heavy (non-hydrogen) atoms. The van der Waals surface area contributed by atoms with Crippen LogP contribution in [0.3, 0.4) is 0 Å². The lowest BCUT2D eigenvalue weighted by Crippen LogP contribution is -2.32. The number of carbonyl (C=O) groups excluding carboxylic acids is 1. The fraction of sp³-hybridized carbons (Fsp3) is 0.350. The van der Waals surface area contributed by atoms with E-state index in [2.05, 4.69) is 22.0 Å². The number of thioether (sulfide) groups is 1. The minimum Gasteiger partial charge on any atom is -0.375 e. The molecule has 0 bridgehead atoms. The molecule has 6 heteroatoms. The molecular weight excluding hydrogens is 366 g/mol. The summed E-state index contributed by atoms with van der Waals surface area (Å²) in [6.07, 6.45) is 0. The third-order valence-corrected chi connectivity index (χ3v) is 5.85. The highest BCUT2D eigenvalue weighted by Crippen LogP contribution is 2.30. The molecule has 1 amide bonds. The lowest BCUT2D eigenvalue weighted by Gasteiger charge is -2.29. The fourth-order valence-electron chi connectivity index (χ4n) is 2.90. The van der Waals surface area contributed by atoms with Gasteiger partial charge in [0.1, 0.15) is 0 Å². The Morgan fingerprint density at radius 2 is 1.88 bits per heavy atom. The molecule has 0 aromatic heterocycles. The molecule has 3 rings (SSSR count). The minimum absolute atomic E-state index is 0.131. The van der Waals surface area contributed by atoms with Crippen molar-refractivity contribution >= 4 is 46.3 Å². The number of benzene rings is 2. The molecule has 2 aromatic carbocycles. The van der Waals surface area contributed by atoms with Crippen LogP contribution in [0.4, 0.5) is 17.1 Å². The van der Waals surface area contributed by atoms with E-state index in [-0.39, 0.29) is 5.91 Å². The molecule has 4 nitrogen and oxygen atoms in total. The smallest absolute Gasteiger partial charge is 0.255 e. The van der Waals surface area contributed by atoms with Crippen molar-refractivity contribution in [1.29, 1.82) is 0 Å². The van der Waals surface area contributed by atoms with Crippen LogP contribution >= 0.6 is 23.4 Å². The van der Waals surface area contributed by atoms with E-state index in [1.807, 2.05) is 61.3 Å². The van der Waals surface area contributed by atoms with Crippen molar-refractivity contribution < 1.29 is 4.79 Å². The Morgan fingerprint density at radius 3 is 2.50 bits per heavy atom. The normalized spacial score (nSPS) is 14.2. The predicted octanol–water partition coefficient (Wildman–Crippen LogP) is 4.60. The lowest BCUT2D eigenvalue weighted by molar-refractivity contribution is 0.102. The Labute approximate surface area is 164 Å². The Hall–Kier alpha value is -1.85. The van der Waals surface area contributed by atoms with Gasteiger partial charge < -0.3 is 15.1 Å². The molecule has 1 N–H and O–H groups in total. The number of nitrogens with zero attached hydrogens (tertiary/aromatic N) is 2. The average Bonchev–Trinajstić information content (AvgIpc) is 2.68. The highest BCUT2D eigenvalue weighted by atomic mass is 35.5. The number of hydrogen-bond acceptors (Lipinski definition) is 4. The van der Waals surface area contributed by atoms with E-state index in [0.717, 1.165) is 42.5 Å². The molecule has 1 aliphatic heterocycles. The summed E-state index contributed by atoms with van der Waals surface area (Å²) in [5.74, 6) is 2.12. The first-order chi connectivity index (χ1) is 12.6. The zero-order valence-corrected chi connectivity index (χ0v) is 16.7. The van der Waals surface area contributed by atoms with Crippen molar-refractivity contribution in [2.75, 3.05) is 53.3 Å². The van der Waals surface area contributed by atoms with Gasteiger partial charge in [0.2, 0.25) is 0 Å². The second-order valence-electron chi connectivity index (χ2n) is 6.28. The second-order valence-corrected chi connectivity index (χ2v) is 7.91. The molecule has 0 radical (unpaired) electrons. The van der Waals surface area contributed by atoms with Crippen molar-refractivity contribution in [3.63, 3.8) is 0 Å². The topological polar surface area (TPSA) is 35.6 Å². The average molecular weight is 390 g/mol. The van der Waals surface area contributed by atoms with Gasteiger partial charge in [-0.2, -0.15) is 11.8 Å². The van der Waals surface area contributed by atoms with Crippen molar-refractivity contribution in [1.82, 2.24) is 0 Å². The molecule has 2 aromatic rings. The summed E-state index contributed by atoms with van der Waals surface area (Å²) in [6.45, 7) is 5.03. The number of anilines is 3. The Kier molecular flexibility index (Phi) is 6.33. The van der Waals surface area contributed by atoms with E-state index in [4.69, 9.17) is 11.6 Å². The number of carbonyl (C=O) groups is 1. The molecular formula is C20H24ClN3OS. The summed E-state index contributed by atoms with van der Waals surface area (Å²) in [4.78, 5) is 16.9. The SMILES string of the molecule is CCN(C)c1ccc(C(=O)Nc2ccc(N3CCSCC3)c(Cl)c2)cc1. The summed E-state index contributed by atoms with van der Waals surface area (Å²) in [6, 6.07) is 13.4. The van der Waals surface area contributed by atoms with Crippen LogP contribution in [0.25, 0.3) is 0 Å². The molecule has 0 atom stereocenters. The van der Waals surface area contributed by atoms with Gasteiger partial charge in [0.25, 0.3) is 5.91 Å². The Balaban J connectivity index is 1.68. The number of amides is 1. The zero-order valence-electron chi connectivity index (χ0n) is 15.2. The maximum atomic E-state index is 12.5. The van der Waals surface area contributed by atoms with E-state index >= 15 is 0 Å². The quantitative estimate of drug-likeness (QED) is 0.810. The summed E-state index contributed by atoms with van der Waals surface area (Å²) in [5, 5.41) is 3.61. The molecule has 1 saturated heterocycles. The molecule has 1 fully saturated rings. The highest BCUT2D eigenvalue weighted by Gasteiger charge is 2.15. The number of hydrogen-bond donors (Lipinski definition) is 1. The van der Waals surface area contributed by atoms with Crippen LogP contribution in [0, 0.1) is 0 Å². The van der Waals surface area contributed by atoms with Crippen molar-refractivity contribution in [2.45, 2.75) is 6.92 Å². The summed E-state index contributed by atoms with van der Waals surface area (Å²) in [7, 11) is 2.03. The first-order valence-electron chi connectivity index (χ1n) is 8.83. The predicted molar refractivity (Wildman–Crippen MR) is 114 cm³/mol. The van der Waals surface area contributed by atoms with Crippen LogP contribution in [0.15, 0.2) is 42.5 Å². The maximum Gasteiger partial charge on any atom is 0.255 e. The molecule has 1 aliphatic rings. The molecule has 0 unspecified atom stereocenters. The van der Waals surface area contributed by atoms with Crippen LogP contribution < -0.4 is 15.1 Å². The van der Waals surface area contributed by atoms with E-state index in [9.17, 15) is 4.79 Å². The summed E-state index contributed by atoms with van der Waals surface area (Å²) >= 11 is 8.43. The second kappa shape index (κ2) is 8.69. The van der Waals surface area contributed by atoms with Crippen molar-refractivity contribution in [2.24, 2.45) is 0 Å². The number of rotatable bonds is 5. The van der Waals surface area contributed by atoms with Gasteiger partial charge in [-0.1, -0.05) is 11.6 Å². The molecule has 138 valence electrons. The van der Waals surface area contributed by atoms with Crippen LogP contribution in [0.5, 0.6) is 0 Å². The fourth-order valence-corrected chi connectivity index (χ4v) is 4.10. The Bertz CT molecular complexity index is 760. The van der Waals surface area contributed by atoms with E-state index < -0.39 is 0 Å². The van der Waals surface area contributed by atoms with Gasteiger partial charge in [0.15, 0.2) is 0 Å². The maximum absolute atomic E-state index is 12.5. The van der Waals surface area contributed by atoms with E-state index in [0.29, 0.717) is 16.3 Å². The standard InChI is InChI=1S/C20H24ClN3OS/c1-3-23(2)17-7-4-15(5-8-17)20(25)22-16-6-9-19(18(21)14-16)24-10-12-26-13-11-24/h4-9,14H,3,10-13H2,1-2H3,(H,22,25). The largest absolute Gasteiger partial charge is 0.375 e. The van der Waals surface area contributed by atoms with Crippen LogP contribution in [-0.4, -0.2) is 44.1 Å². The number of halogens is 1. The van der Waals surface area contributed by atoms with Crippen molar-refractivity contribution in [3.05, 3.63) is 53.1 Å². The molecule has 0 saturated carbocycles.